The van der Waals surface area contributed by atoms with E-state index < -0.39 is 0 Å². The van der Waals surface area contributed by atoms with Crippen LogP contribution in [0.4, 0.5) is 5.69 Å². The minimum absolute atomic E-state index is 0.0414. The Morgan fingerprint density at radius 1 is 1.53 bits per heavy atom. The molecule has 0 spiro atoms. The predicted octanol–water partition coefficient (Wildman–Crippen LogP) is 1.21. The van der Waals surface area contributed by atoms with Crippen molar-refractivity contribution < 1.29 is 14.3 Å². The van der Waals surface area contributed by atoms with Crippen molar-refractivity contribution in [3.05, 3.63) is 23.8 Å². The standard InChI is InChI=1S/C14H18N2O3/c1-9(5-6-15)14(18)10-3-4-12-11(7-10)16(2)13(17)8-19-12/h3-4,7,9H,5-6,8,15H2,1-2H3. The highest BCUT2D eigenvalue weighted by atomic mass is 16.5. The Morgan fingerprint density at radius 3 is 2.95 bits per heavy atom. The number of carbonyl (C=O) groups excluding carboxylic acids is 2. The van der Waals surface area contributed by atoms with Gasteiger partial charge in [0.25, 0.3) is 5.91 Å². The number of ether oxygens (including phenoxy) is 1. The van der Waals surface area contributed by atoms with Crippen LogP contribution in [0.1, 0.15) is 23.7 Å². The summed E-state index contributed by atoms with van der Waals surface area (Å²) in [5, 5.41) is 0. The number of fused-ring (bicyclic) bond motifs is 1. The SMILES string of the molecule is CC(CCN)C(=O)c1ccc2c(c1)N(C)C(=O)CO2. The third kappa shape index (κ3) is 2.61. The van der Waals surface area contributed by atoms with Crippen LogP contribution in [0.3, 0.4) is 0 Å². The molecular weight excluding hydrogens is 244 g/mol. The summed E-state index contributed by atoms with van der Waals surface area (Å²) in [4.78, 5) is 25.3. The number of likely N-dealkylation sites (N-methyl/N-ethyl adjacent to an activating group) is 1. The van der Waals surface area contributed by atoms with Crippen molar-refractivity contribution in [1.29, 1.82) is 0 Å². The molecule has 1 atom stereocenters. The molecule has 1 aromatic rings. The highest BCUT2D eigenvalue weighted by molar-refractivity contribution is 6.02. The number of nitrogens with zero attached hydrogens (tertiary/aromatic N) is 1. The van der Waals surface area contributed by atoms with Crippen molar-refractivity contribution in [2.24, 2.45) is 11.7 Å². The number of ketones is 1. The largest absolute Gasteiger partial charge is 0.482 e. The zero-order valence-electron chi connectivity index (χ0n) is 11.2. The summed E-state index contributed by atoms with van der Waals surface area (Å²) >= 11 is 0. The molecule has 1 unspecified atom stereocenters. The van der Waals surface area contributed by atoms with E-state index in [-0.39, 0.29) is 24.2 Å². The van der Waals surface area contributed by atoms with Gasteiger partial charge >= 0.3 is 0 Å². The molecule has 19 heavy (non-hydrogen) atoms. The summed E-state index contributed by atoms with van der Waals surface area (Å²) in [5.41, 5.74) is 6.70. The normalized spacial score (nSPS) is 15.7. The first-order valence-corrected chi connectivity index (χ1v) is 6.32. The van der Waals surface area contributed by atoms with Crippen LogP contribution in [0, 0.1) is 5.92 Å². The highest BCUT2D eigenvalue weighted by Gasteiger charge is 2.24. The molecule has 0 fully saturated rings. The molecule has 0 aliphatic carbocycles. The number of Topliss-reactive ketones (excluding diaryl/α,β-unsaturated/α-hetero) is 1. The van der Waals surface area contributed by atoms with Gasteiger partial charge in [0.05, 0.1) is 5.69 Å². The van der Waals surface area contributed by atoms with Crippen LogP contribution >= 0.6 is 0 Å². The lowest BCUT2D eigenvalue weighted by Gasteiger charge is -2.26. The number of benzene rings is 1. The van der Waals surface area contributed by atoms with Crippen LogP contribution in [0.15, 0.2) is 18.2 Å². The average Bonchev–Trinajstić information content (AvgIpc) is 2.42. The average molecular weight is 262 g/mol. The summed E-state index contributed by atoms with van der Waals surface area (Å²) in [6, 6.07) is 5.18. The quantitative estimate of drug-likeness (QED) is 0.828. The maximum Gasteiger partial charge on any atom is 0.264 e. The molecular formula is C14H18N2O3. The Morgan fingerprint density at radius 2 is 2.26 bits per heavy atom. The number of hydrogen-bond donors (Lipinski definition) is 1. The van der Waals surface area contributed by atoms with E-state index in [2.05, 4.69) is 0 Å². The summed E-state index contributed by atoms with van der Waals surface area (Å²) in [7, 11) is 1.68. The van der Waals surface area contributed by atoms with Crippen LogP contribution in [0.25, 0.3) is 0 Å². The molecule has 1 aliphatic heterocycles. The second-order valence-corrected chi connectivity index (χ2v) is 4.77. The van der Waals surface area contributed by atoms with Crippen LogP contribution in [-0.4, -0.2) is 31.9 Å². The van der Waals surface area contributed by atoms with Gasteiger partial charge in [-0.15, -0.1) is 0 Å². The number of amides is 1. The van der Waals surface area contributed by atoms with Gasteiger partial charge in [-0.2, -0.15) is 0 Å². The molecule has 2 N–H and O–H groups in total. The zero-order chi connectivity index (χ0) is 14.0. The molecule has 1 amide bonds. The third-order valence-corrected chi connectivity index (χ3v) is 3.38. The number of hydrogen-bond acceptors (Lipinski definition) is 4. The van der Waals surface area contributed by atoms with Crippen molar-refractivity contribution in [2.45, 2.75) is 13.3 Å². The monoisotopic (exact) mass is 262 g/mol. The van der Waals surface area contributed by atoms with E-state index in [0.717, 1.165) is 0 Å². The first-order valence-electron chi connectivity index (χ1n) is 6.32. The third-order valence-electron chi connectivity index (χ3n) is 3.38. The molecule has 0 bridgehead atoms. The number of nitrogens with two attached hydrogens (primary N) is 1. The van der Waals surface area contributed by atoms with E-state index in [1.54, 1.807) is 25.2 Å². The van der Waals surface area contributed by atoms with E-state index >= 15 is 0 Å². The first kappa shape index (κ1) is 13.5. The smallest absolute Gasteiger partial charge is 0.264 e. The lowest BCUT2D eigenvalue weighted by atomic mass is 9.96. The summed E-state index contributed by atoms with van der Waals surface area (Å²) in [6.45, 7) is 2.39. The molecule has 0 saturated carbocycles. The molecule has 0 saturated heterocycles. The van der Waals surface area contributed by atoms with Gasteiger partial charge in [0, 0.05) is 18.5 Å². The van der Waals surface area contributed by atoms with E-state index in [1.807, 2.05) is 6.92 Å². The molecule has 5 nitrogen and oxygen atoms in total. The summed E-state index contributed by atoms with van der Waals surface area (Å²) in [5.74, 6) is 0.436. The van der Waals surface area contributed by atoms with Crippen LogP contribution in [-0.2, 0) is 4.79 Å². The summed E-state index contributed by atoms with van der Waals surface area (Å²) < 4.78 is 5.33. The molecule has 102 valence electrons. The lowest BCUT2D eigenvalue weighted by molar-refractivity contribution is -0.120. The number of rotatable bonds is 4. The predicted molar refractivity (Wildman–Crippen MR) is 72.5 cm³/mol. The van der Waals surface area contributed by atoms with E-state index in [0.29, 0.717) is 30.0 Å². The molecule has 2 rings (SSSR count). The maximum atomic E-state index is 12.2. The van der Waals surface area contributed by atoms with Gasteiger partial charge in [-0.1, -0.05) is 6.92 Å². The molecule has 1 heterocycles. The van der Waals surface area contributed by atoms with E-state index in [9.17, 15) is 9.59 Å². The van der Waals surface area contributed by atoms with Gasteiger partial charge in [-0.05, 0) is 31.2 Å². The second-order valence-electron chi connectivity index (χ2n) is 4.77. The Bertz CT molecular complexity index is 513. The minimum atomic E-state index is -0.118. The van der Waals surface area contributed by atoms with Crippen molar-refractivity contribution in [3.8, 4) is 5.75 Å². The van der Waals surface area contributed by atoms with Crippen LogP contribution in [0.2, 0.25) is 0 Å². The molecule has 0 aromatic heterocycles. The zero-order valence-corrected chi connectivity index (χ0v) is 11.2. The van der Waals surface area contributed by atoms with E-state index in [1.165, 1.54) is 4.90 Å². The number of anilines is 1. The van der Waals surface area contributed by atoms with Gasteiger partial charge in [0.1, 0.15) is 5.75 Å². The maximum absolute atomic E-state index is 12.2. The molecule has 0 radical (unpaired) electrons. The lowest BCUT2D eigenvalue weighted by Crippen LogP contribution is -2.35. The fourth-order valence-electron chi connectivity index (χ4n) is 2.09. The fraction of sp³-hybridized carbons (Fsp3) is 0.429. The Kier molecular flexibility index (Phi) is 3.85. The van der Waals surface area contributed by atoms with Gasteiger partial charge in [0.15, 0.2) is 12.4 Å². The molecule has 5 heteroatoms. The summed E-state index contributed by atoms with van der Waals surface area (Å²) in [6.07, 6.45) is 0.654. The van der Waals surface area contributed by atoms with Crippen molar-refractivity contribution in [1.82, 2.24) is 0 Å². The first-order chi connectivity index (χ1) is 9.04. The van der Waals surface area contributed by atoms with Crippen LogP contribution in [0.5, 0.6) is 5.75 Å². The van der Waals surface area contributed by atoms with Gasteiger partial charge in [-0.3, -0.25) is 9.59 Å². The Labute approximate surface area is 112 Å². The fourth-order valence-corrected chi connectivity index (χ4v) is 2.09. The van der Waals surface area contributed by atoms with Crippen molar-refractivity contribution in [3.63, 3.8) is 0 Å². The topological polar surface area (TPSA) is 72.6 Å². The highest BCUT2D eigenvalue weighted by Crippen LogP contribution is 2.32. The van der Waals surface area contributed by atoms with Crippen LogP contribution < -0.4 is 15.4 Å². The van der Waals surface area contributed by atoms with E-state index in [4.69, 9.17) is 10.5 Å². The van der Waals surface area contributed by atoms with Gasteiger partial charge < -0.3 is 15.4 Å². The molecule has 1 aromatic carbocycles. The van der Waals surface area contributed by atoms with Crippen molar-refractivity contribution >= 4 is 17.4 Å². The Balaban J connectivity index is 2.30. The van der Waals surface area contributed by atoms with Gasteiger partial charge in [0.2, 0.25) is 0 Å². The Hall–Kier alpha value is -1.88. The second kappa shape index (κ2) is 5.40. The minimum Gasteiger partial charge on any atom is -0.482 e. The molecule has 1 aliphatic rings. The van der Waals surface area contributed by atoms with Gasteiger partial charge in [-0.25, -0.2) is 0 Å². The van der Waals surface area contributed by atoms with Crippen molar-refractivity contribution in [2.75, 3.05) is 25.1 Å². The number of carbonyl (C=O) groups is 2.